The van der Waals surface area contributed by atoms with Gasteiger partial charge in [0.2, 0.25) is 0 Å². The first-order chi connectivity index (χ1) is 17.5. The largest absolute Gasteiger partial charge is 0.482 e. The number of amides is 2. The molecule has 4 heterocycles. The number of carbonyl (C=O) groups excluding carboxylic acids is 2. The molecule has 3 N–H and O–H groups in total. The summed E-state index contributed by atoms with van der Waals surface area (Å²) in [5.41, 5.74) is 2.16. The van der Waals surface area contributed by atoms with Crippen LogP contribution in [0.4, 0.5) is 4.79 Å². The van der Waals surface area contributed by atoms with Crippen molar-refractivity contribution in [3.05, 3.63) is 35.4 Å². The molecule has 2 amide bonds. The maximum Gasteiger partial charge on any atom is 0.315 e. The predicted octanol–water partition coefficient (Wildman–Crippen LogP) is 2.12. The van der Waals surface area contributed by atoms with Crippen molar-refractivity contribution in [2.75, 3.05) is 19.3 Å². The number of hydrogen-bond acceptors (Lipinski definition) is 7. The highest BCUT2D eigenvalue weighted by molar-refractivity contribution is 8.00. The maximum absolute atomic E-state index is 12.8. The minimum atomic E-state index is -0.667. The van der Waals surface area contributed by atoms with E-state index in [0.29, 0.717) is 29.2 Å². The number of unbranched alkanes of at least 4 members (excludes halogenated alkanes) is 1. The van der Waals surface area contributed by atoms with Crippen molar-refractivity contribution in [1.29, 1.82) is 0 Å². The van der Waals surface area contributed by atoms with E-state index in [0.717, 1.165) is 50.0 Å². The Bertz CT molecular complexity index is 1140. The van der Waals surface area contributed by atoms with Crippen LogP contribution in [0.3, 0.4) is 0 Å². The van der Waals surface area contributed by atoms with Gasteiger partial charge in [-0.2, -0.15) is 11.8 Å². The van der Waals surface area contributed by atoms with Crippen LogP contribution in [-0.2, 0) is 16.6 Å². The summed E-state index contributed by atoms with van der Waals surface area (Å²) in [7, 11) is 2.19. The van der Waals surface area contributed by atoms with Crippen LogP contribution in [0.2, 0.25) is 0 Å². The minimum Gasteiger partial charge on any atom is -0.482 e. The SMILES string of the molecule is CN1CC[C@]23c4c5ccc(OC(=O)CCCC[C@@H]6SC[C@@H]7NC(=O)N[C@@H]76)c4O[C@H]2[C@@H](O)C=C[C@H]3[C@H]1C5. The maximum atomic E-state index is 12.8. The van der Waals surface area contributed by atoms with Gasteiger partial charge in [-0.15, -0.1) is 0 Å². The molecule has 1 aromatic carbocycles. The highest BCUT2D eigenvalue weighted by atomic mass is 32.2. The number of benzene rings is 1. The quantitative estimate of drug-likeness (QED) is 0.177. The molecule has 7 rings (SSSR count). The molecule has 4 aliphatic heterocycles. The van der Waals surface area contributed by atoms with Gasteiger partial charge in [-0.1, -0.05) is 24.6 Å². The number of likely N-dealkylation sites (N-methyl/N-ethyl adjacent to an activating group) is 1. The standard InChI is InChI=1S/C27H33N3O5S/c1-30-11-10-27-15-7-8-18(31)25(27)35-24-19(9-6-14(22(24)27)12-17(15)30)34-21(32)5-3-2-4-20-23-16(13-36-20)28-26(33)29-23/h6-9,15-18,20,23,25,31H,2-5,10-13H2,1H3,(H2,28,29,33)/t15-,16-,17+,18-,20-,23-,25-,27-/m0/s1. The Morgan fingerprint density at radius 1 is 1.31 bits per heavy atom. The number of esters is 1. The number of nitrogens with zero attached hydrogens (tertiary/aromatic N) is 1. The number of nitrogens with one attached hydrogen (secondary N) is 2. The Morgan fingerprint density at radius 3 is 3.08 bits per heavy atom. The molecule has 36 heavy (non-hydrogen) atoms. The van der Waals surface area contributed by atoms with E-state index >= 15 is 0 Å². The van der Waals surface area contributed by atoms with Gasteiger partial charge in [-0.25, -0.2) is 4.79 Å². The Kier molecular flexibility index (Phi) is 5.35. The van der Waals surface area contributed by atoms with Crippen molar-refractivity contribution >= 4 is 23.8 Å². The van der Waals surface area contributed by atoms with E-state index in [2.05, 4.69) is 34.7 Å². The number of fused-ring (bicyclic) bond motifs is 1. The van der Waals surface area contributed by atoms with Crippen molar-refractivity contribution in [3.8, 4) is 11.5 Å². The summed E-state index contributed by atoms with van der Waals surface area (Å²) in [5, 5.41) is 17.3. The van der Waals surface area contributed by atoms with E-state index in [4.69, 9.17) is 9.47 Å². The Labute approximate surface area is 215 Å². The molecule has 192 valence electrons. The molecule has 8 nitrogen and oxygen atoms in total. The van der Waals surface area contributed by atoms with Crippen LogP contribution in [0.15, 0.2) is 24.3 Å². The lowest BCUT2D eigenvalue weighted by atomic mass is 9.53. The summed E-state index contributed by atoms with van der Waals surface area (Å²) in [6.45, 7) is 0.963. The molecule has 3 saturated heterocycles. The van der Waals surface area contributed by atoms with Gasteiger partial charge in [0.15, 0.2) is 11.5 Å². The first kappa shape index (κ1) is 22.9. The first-order valence-electron chi connectivity index (χ1n) is 13.2. The molecule has 0 aromatic heterocycles. The molecule has 9 heteroatoms. The fraction of sp³-hybridized carbons (Fsp3) is 0.630. The second-order valence-electron chi connectivity index (χ2n) is 11.3. The third-order valence-corrected chi connectivity index (χ3v) is 10.9. The van der Waals surface area contributed by atoms with E-state index in [-0.39, 0.29) is 41.5 Å². The van der Waals surface area contributed by atoms with Crippen molar-refractivity contribution < 1.29 is 24.2 Å². The molecule has 8 atom stereocenters. The zero-order valence-corrected chi connectivity index (χ0v) is 21.3. The van der Waals surface area contributed by atoms with E-state index in [1.54, 1.807) is 0 Å². The smallest absolute Gasteiger partial charge is 0.315 e. The second-order valence-corrected chi connectivity index (χ2v) is 12.5. The third kappa shape index (κ3) is 3.28. The van der Waals surface area contributed by atoms with Gasteiger partial charge in [0.1, 0.15) is 12.2 Å². The van der Waals surface area contributed by atoms with Crippen LogP contribution >= 0.6 is 11.8 Å². The summed E-state index contributed by atoms with van der Waals surface area (Å²) in [6.07, 6.45) is 7.93. The number of thioether (sulfide) groups is 1. The van der Waals surface area contributed by atoms with Gasteiger partial charge in [-0.05, 0) is 50.9 Å². The molecule has 3 fully saturated rings. The van der Waals surface area contributed by atoms with Gasteiger partial charge < -0.3 is 30.1 Å². The molecule has 2 aliphatic carbocycles. The molecule has 2 bridgehead atoms. The lowest BCUT2D eigenvalue weighted by Gasteiger charge is -2.56. The topological polar surface area (TPSA) is 100 Å². The molecule has 0 unspecified atom stereocenters. The average molecular weight is 512 g/mol. The molecular weight excluding hydrogens is 478 g/mol. The molecular formula is C27H33N3O5S. The van der Waals surface area contributed by atoms with E-state index in [1.165, 1.54) is 5.56 Å². The highest BCUT2D eigenvalue weighted by Crippen LogP contribution is 2.62. The lowest BCUT2D eigenvalue weighted by Crippen LogP contribution is -2.64. The summed E-state index contributed by atoms with van der Waals surface area (Å²) < 4.78 is 12.3. The summed E-state index contributed by atoms with van der Waals surface area (Å²) in [6, 6.07) is 4.72. The number of carbonyl (C=O) groups is 2. The van der Waals surface area contributed by atoms with Gasteiger partial charge in [0.25, 0.3) is 0 Å². The number of ether oxygens (including phenoxy) is 2. The highest BCUT2D eigenvalue weighted by Gasteiger charge is 2.64. The summed E-state index contributed by atoms with van der Waals surface area (Å²) in [4.78, 5) is 26.8. The van der Waals surface area contributed by atoms with Gasteiger partial charge in [0, 0.05) is 40.4 Å². The van der Waals surface area contributed by atoms with E-state index in [9.17, 15) is 14.7 Å². The zero-order chi connectivity index (χ0) is 24.6. The van der Waals surface area contributed by atoms with Gasteiger partial charge in [-0.3, -0.25) is 4.79 Å². The Morgan fingerprint density at radius 2 is 2.19 bits per heavy atom. The number of likely N-dealkylation sites (tertiary alicyclic amines) is 1. The zero-order valence-electron chi connectivity index (χ0n) is 20.4. The van der Waals surface area contributed by atoms with E-state index in [1.807, 2.05) is 23.9 Å². The average Bonchev–Trinajstić information content (AvgIpc) is 3.52. The number of urea groups is 1. The number of aliphatic hydroxyl groups excluding tert-OH is 1. The van der Waals surface area contributed by atoms with Gasteiger partial charge in [0.05, 0.1) is 12.1 Å². The van der Waals surface area contributed by atoms with Crippen LogP contribution in [0.25, 0.3) is 0 Å². The fourth-order valence-corrected chi connectivity index (χ4v) is 9.28. The number of aliphatic hydroxyl groups is 1. The minimum absolute atomic E-state index is 0.0657. The lowest BCUT2D eigenvalue weighted by molar-refractivity contribution is -0.134. The normalized spacial score (nSPS) is 39.2. The first-order valence-corrected chi connectivity index (χ1v) is 14.3. The third-order valence-electron chi connectivity index (χ3n) is 9.42. The van der Waals surface area contributed by atoms with Crippen LogP contribution in [0.1, 0.15) is 43.2 Å². The summed E-state index contributed by atoms with van der Waals surface area (Å²) >= 11 is 1.90. The molecule has 0 radical (unpaired) electrons. The molecule has 0 saturated carbocycles. The number of hydrogen-bond donors (Lipinski definition) is 3. The Balaban J connectivity index is 1.04. The number of rotatable bonds is 6. The summed E-state index contributed by atoms with van der Waals surface area (Å²) in [5.74, 6) is 2.14. The molecule has 1 aromatic rings. The number of piperidine rings is 1. The molecule has 1 spiro atoms. The van der Waals surface area contributed by atoms with Crippen molar-refractivity contribution in [2.45, 2.75) is 79.5 Å². The van der Waals surface area contributed by atoms with Crippen LogP contribution in [-0.4, -0.2) is 76.9 Å². The van der Waals surface area contributed by atoms with Crippen molar-refractivity contribution in [1.82, 2.24) is 15.5 Å². The molecule has 6 aliphatic rings. The van der Waals surface area contributed by atoms with Crippen molar-refractivity contribution in [3.63, 3.8) is 0 Å². The second kappa shape index (κ2) is 8.39. The van der Waals surface area contributed by atoms with Crippen molar-refractivity contribution in [2.24, 2.45) is 5.92 Å². The monoisotopic (exact) mass is 511 g/mol. The van der Waals surface area contributed by atoms with Crippen LogP contribution < -0.4 is 20.1 Å². The Hall–Kier alpha value is -2.23. The van der Waals surface area contributed by atoms with Crippen LogP contribution in [0.5, 0.6) is 11.5 Å². The van der Waals surface area contributed by atoms with Gasteiger partial charge >= 0.3 is 12.0 Å². The fourth-order valence-electron chi connectivity index (χ4n) is 7.74. The van der Waals surface area contributed by atoms with Crippen LogP contribution in [0, 0.1) is 5.92 Å². The van der Waals surface area contributed by atoms with E-state index < -0.39 is 6.10 Å². The predicted molar refractivity (Wildman–Crippen MR) is 136 cm³/mol.